The number of halogens is 1. The van der Waals surface area contributed by atoms with Gasteiger partial charge < -0.3 is 15.8 Å². The van der Waals surface area contributed by atoms with Gasteiger partial charge in [0, 0.05) is 14.8 Å². The second kappa shape index (κ2) is 9.97. The highest BCUT2D eigenvalue weighted by molar-refractivity contribution is 7.99. The summed E-state index contributed by atoms with van der Waals surface area (Å²) >= 11 is 7.78. The van der Waals surface area contributed by atoms with Gasteiger partial charge >= 0.3 is 12.0 Å². The van der Waals surface area contributed by atoms with Gasteiger partial charge in [-0.2, -0.15) is 0 Å². The minimum Gasteiger partial charge on any atom is -0.455 e. The molecular weight excluding hydrogens is 462 g/mol. The molecule has 0 saturated carbocycles. The van der Waals surface area contributed by atoms with Gasteiger partial charge in [0.25, 0.3) is 5.91 Å². The summed E-state index contributed by atoms with van der Waals surface area (Å²) in [7, 11) is 0. The van der Waals surface area contributed by atoms with Crippen LogP contribution in [0.1, 0.15) is 18.0 Å². The molecule has 0 fully saturated rings. The number of primary amides is 1. The predicted molar refractivity (Wildman–Crippen MR) is 127 cm³/mol. The molecule has 9 heteroatoms. The highest BCUT2D eigenvalue weighted by Crippen LogP contribution is 2.47. The van der Waals surface area contributed by atoms with E-state index in [0.29, 0.717) is 10.6 Å². The Morgan fingerprint density at radius 2 is 1.52 bits per heavy atom. The maximum atomic E-state index is 13.1. The highest BCUT2D eigenvalue weighted by Gasteiger charge is 2.29. The molecule has 7 nitrogen and oxygen atoms in total. The zero-order valence-electron chi connectivity index (χ0n) is 17.4. The smallest absolute Gasteiger partial charge is 0.312 e. The number of hydrogen-bond donors (Lipinski definition) is 2. The zero-order valence-corrected chi connectivity index (χ0v) is 18.9. The lowest BCUT2D eigenvalue weighted by molar-refractivity contribution is -0.148. The molecule has 0 aliphatic carbocycles. The molecule has 168 valence electrons. The summed E-state index contributed by atoms with van der Waals surface area (Å²) in [4.78, 5) is 40.6. The number of rotatable bonds is 6. The first-order valence-electron chi connectivity index (χ1n) is 10.1. The number of carbonyl (C=O) groups excluding carboxylic acids is 3. The number of fused-ring (bicyclic) bond motifs is 2. The first kappa shape index (κ1) is 22.7. The Hall–Kier alpha value is -3.49. The zero-order chi connectivity index (χ0) is 23.4. The quantitative estimate of drug-likeness (QED) is 0.492. The van der Waals surface area contributed by atoms with Gasteiger partial charge in [-0.3, -0.25) is 14.5 Å². The van der Waals surface area contributed by atoms with E-state index in [1.54, 1.807) is 40.9 Å². The number of anilines is 2. The fraction of sp³-hybridized carbons (Fsp3) is 0.125. The molecule has 3 amide bonds. The standard InChI is InChI=1S/C24H20ClN3O4S/c25-16-8-2-1-7-15(16)17(27-24(26)31)13-23(30)32-14-22(29)28-18-9-3-5-11-20(18)33-21-12-6-4-10-19(21)28/h1-12,17H,13-14H2,(H3,26,27,31)/t17-/m1/s1. The van der Waals surface area contributed by atoms with Crippen molar-refractivity contribution < 1.29 is 19.1 Å². The van der Waals surface area contributed by atoms with Crippen molar-refractivity contribution in [2.75, 3.05) is 11.5 Å². The monoisotopic (exact) mass is 481 g/mol. The molecule has 0 bridgehead atoms. The predicted octanol–water partition coefficient (Wildman–Crippen LogP) is 4.81. The van der Waals surface area contributed by atoms with Crippen LogP contribution in [0.25, 0.3) is 0 Å². The third kappa shape index (κ3) is 5.13. The van der Waals surface area contributed by atoms with E-state index in [1.165, 1.54) is 0 Å². The molecule has 1 aliphatic heterocycles. The van der Waals surface area contributed by atoms with Gasteiger partial charge in [-0.15, -0.1) is 0 Å². The Morgan fingerprint density at radius 1 is 0.939 bits per heavy atom. The number of ether oxygens (including phenoxy) is 1. The number of carbonyl (C=O) groups is 3. The molecule has 0 spiro atoms. The maximum absolute atomic E-state index is 13.1. The van der Waals surface area contributed by atoms with E-state index in [4.69, 9.17) is 22.1 Å². The summed E-state index contributed by atoms with van der Waals surface area (Å²) in [5.41, 5.74) is 7.24. The minimum absolute atomic E-state index is 0.233. The molecule has 0 saturated heterocycles. The molecule has 1 heterocycles. The van der Waals surface area contributed by atoms with E-state index in [0.717, 1.165) is 21.2 Å². The number of benzene rings is 3. The fourth-order valence-electron chi connectivity index (χ4n) is 3.57. The summed E-state index contributed by atoms with van der Waals surface area (Å²) in [5, 5.41) is 2.87. The number of para-hydroxylation sites is 2. The van der Waals surface area contributed by atoms with Gasteiger partial charge in [0.15, 0.2) is 6.61 Å². The Balaban J connectivity index is 1.48. The molecule has 1 atom stereocenters. The van der Waals surface area contributed by atoms with Crippen molar-refractivity contribution in [1.82, 2.24) is 5.32 Å². The van der Waals surface area contributed by atoms with Crippen LogP contribution in [-0.2, 0) is 14.3 Å². The van der Waals surface area contributed by atoms with Crippen molar-refractivity contribution in [2.45, 2.75) is 22.3 Å². The van der Waals surface area contributed by atoms with Crippen LogP contribution < -0.4 is 16.0 Å². The Bertz CT molecular complexity index is 1170. The van der Waals surface area contributed by atoms with E-state index in [9.17, 15) is 14.4 Å². The van der Waals surface area contributed by atoms with Crippen molar-refractivity contribution in [3.8, 4) is 0 Å². The van der Waals surface area contributed by atoms with Crippen LogP contribution in [0.3, 0.4) is 0 Å². The molecule has 3 N–H and O–H groups in total. The Kier molecular flexibility index (Phi) is 6.86. The fourth-order valence-corrected chi connectivity index (χ4v) is 4.90. The summed E-state index contributed by atoms with van der Waals surface area (Å²) in [5.74, 6) is -1.06. The average molecular weight is 482 g/mol. The summed E-state index contributed by atoms with van der Waals surface area (Å²) in [6.45, 7) is -0.460. The Labute approximate surface area is 199 Å². The number of amides is 3. The van der Waals surface area contributed by atoms with E-state index in [-0.39, 0.29) is 12.3 Å². The normalized spacial score (nSPS) is 12.8. The van der Waals surface area contributed by atoms with Crippen molar-refractivity contribution in [1.29, 1.82) is 0 Å². The van der Waals surface area contributed by atoms with Gasteiger partial charge in [-0.1, -0.05) is 65.8 Å². The van der Waals surface area contributed by atoms with E-state index in [1.807, 2.05) is 48.5 Å². The summed E-state index contributed by atoms with van der Waals surface area (Å²) in [6, 6.07) is 20.3. The van der Waals surface area contributed by atoms with Crippen LogP contribution in [0, 0.1) is 0 Å². The first-order valence-corrected chi connectivity index (χ1v) is 11.3. The minimum atomic E-state index is -0.803. The second-order valence-corrected chi connectivity index (χ2v) is 8.71. The third-order valence-electron chi connectivity index (χ3n) is 5.01. The maximum Gasteiger partial charge on any atom is 0.312 e. The van der Waals surface area contributed by atoms with Crippen LogP contribution in [0.15, 0.2) is 82.6 Å². The number of urea groups is 1. The van der Waals surface area contributed by atoms with Crippen molar-refractivity contribution in [2.24, 2.45) is 5.73 Å². The van der Waals surface area contributed by atoms with Crippen LogP contribution in [0.5, 0.6) is 0 Å². The first-order chi connectivity index (χ1) is 15.9. The molecule has 1 aliphatic rings. The largest absolute Gasteiger partial charge is 0.455 e. The van der Waals surface area contributed by atoms with Crippen molar-refractivity contribution in [3.63, 3.8) is 0 Å². The number of esters is 1. The SMILES string of the molecule is NC(=O)N[C@H](CC(=O)OCC(=O)N1c2ccccc2Sc2ccccc21)c1ccccc1Cl. The lowest BCUT2D eigenvalue weighted by atomic mass is 10.0. The lowest BCUT2D eigenvalue weighted by Crippen LogP contribution is -2.36. The van der Waals surface area contributed by atoms with Gasteiger partial charge in [0.1, 0.15) is 0 Å². The van der Waals surface area contributed by atoms with E-state index >= 15 is 0 Å². The molecule has 0 aromatic heterocycles. The Morgan fingerprint density at radius 3 is 2.12 bits per heavy atom. The lowest BCUT2D eigenvalue weighted by Gasteiger charge is -2.30. The number of nitrogens with two attached hydrogens (primary N) is 1. The molecule has 3 aromatic rings. The molecule has 0 radical (unpaired) electrons. The molecule has 4 rings (SSSR count). The average Bonchev–Trinajstić information content (AvgIpc) is 2.80. The van der Waals surface area contributed by atoms with Gasteiger partial charge in [0.2, 0.25) is 0 Å². The van der Waals surface area contributed by atoms with Crippen LogP contribution in [0.4, 0.5) is 16.2 Å². The van der Waals surface area contributed by atoms with Gasteiger partial charge in [-0.25, -0.2) is 4.79 Å². The summed E-state index contributed by atoms with van der Waals surface area (Å²) in [6.07, 6.45) is -0.233. The van der Waals surface area contributed by atoms with Crippen molar-refractivity contribution >= 4 is 52.6 Å². The van der Waals surface area contributed by atoms with Crippen LogP contribution >= 0.6 is 23.4 Å². The van der Waals surface area contributed by atoms with Crippen molar-refractivity contribution in [3.05, 3.63) is 83.4 Å². The number of nitrogens with zero attached hydrogens (tertiary/aromatic N) is 1. The van der Waals surface area contributed by atoms with Crippen LogP contribution in [-0.4, -0.2) is 24.5 Å². The van der Waals surface area contributed by atoms with E-state index < -0.39 is 24.6 Å². The highest BCUT2D eigenvalue weighted by atomic mass is 35.5. The molecular formula is C24H20ClN3O4S. The molecule has 3 aromatic carbocycles. The molecule has 33 heavy (non-hydrogen) atoms. The van der Waals surface area contributed by atoms with Gasteiger partial charge in [0.05, 0.1) is 23.8 Å². The topological polar surface area (TPSA) is 102 Å². The third-order valence-corrected chi connectivity index (χ3v) is 6.48. The number of nitrogens with one attached hydrogen (secondary N) is 1. The van der Waals surface area contributed by atoms with E-state index in [2.05, 4.69) is 5.32 Å². The second-order valence-electron chi connectivity index (χ2n) is 7.21. The van der Waals surface area contributed by atoms with Gasteiger partial charge in [-0.05, 0) is 35.9 Å². The summed E-state index contributed by atoms with van der Waals surface area (Å²) < 4.78 is 5.29. The number of hydrogen-bond acceptors (Lipinski definition) is 5. The molecule has 0 unspecified atom stereocenters. The van der Waals surface area contributed by atoms with Crippen LogP contribution in [0.2, 0.25) is 5.02 Å².